The maximum Gasteiger partial charge on any atom is 0.264 e. The molecule has 2 aliphatic carbocycles. The van der Waals surface area contributed by atoms with E-state index in [4.69, 9.17) is 13.7 Å². The first kappa shape index (κ1) is 62.6. The van der Waals surface area contributed by atoms with Gasteiger partial charge in [-0.15, -0.1) is 22.7 Å². The van der Waals surface area contributed by atoms with Crippen LogP contribution in [0.25, 0.3) is 113 Å². The summed E-state index contributed by atoms with van der Waals surface area (Å²) in [6.45, 7) is 9.27. The van der Waals surface area contributed by atoms with Gasteiger partial charge in [0.2, 0.25) is 0 Å². The van der Waals surface area contributed by atoms with Crippen LogP contribution in [0.1, 0.15) is 230 Å². The summed E-state index contributed by atoms with van der Waals surface area (Å²) in [6, 6.07) is 55.3. The van der Waals surface area contributed by atoms with Crippen molar-refractivity contribution >= 4 is 83.7 Å². The van der Waals surface area contributed by atoms with Crippen LogP contribution in [0.5, 0.6) is 0 Å². The Labute approximate surface area is 558 Å². The van der Waals surface area contributed by atoms with Gasteiger partial charge in [0.15, 0.2) is 0 Å². The molecule has 5 nitrogen and oxygen atoms in total. The zero-order valence-electron chi connectivity index (χ0n) is 55.1. The quantitative estimate of drug-likeness (QED) is 0.0394. The molecule has 0 aliphatic heterocycles. The fourth-order valence-corrected chi connectivity index (χ4v) is 19.5. The van der Waals surface area contributed by atoms with E-state index in [1.165, 1.54) is 257 Å². The average molecular weight is 1270 g/mol. The van der Waals surface area contributed by atoms with Crippen molar-refractivity contribution in [2.45, 2.75) is 218 Å². The van der Waals surface area contributed by atoms with Crippen LogP contribution in [0.15, 0.2) is 150 Å². The first-order valence-electron chi connectivity index (χ1n) is 35.9. The molecule has 8 heteroatoms. The smallest absolute Gasteiger partial charge is 0.264 e. The van der Waals surface area contributed by atoms with Crippen LogP contribution in [-0.4, -0.2) is 18.1 Å². The molecule has 2 aliphatic rings. The van der Waals surface area contributed by atoms with Gasteiger partial charge >= 0.3 is 0 Å². The number of hydrogen-bond donors (Lipinski definition) is 0. The van der Waals surface area contributed by atoms with E-state index < -0.39 is 0 Å². The fraction of sp³-hybridized carbons (Fsp3) is 0.405. The third-order valence-corrected chi connectivity index (χ3v) is 24.4. The Morgan fingerprint density at radius 1 is 0.380 bits per heavy atom. The summed E-state index contributed by atoms with van der Waals surface area (Å²) in [4.78, 5) is 25.9. The third-order valence-electron chi connectivity index (χ3n) is 21.5. The number of nitrogens with zero attached hydrogens (tertiary/aromatic N) is 4. The predicted molar refractivity (Wildman–Crippen MR) is 398 cm³/mol. The highest BCUT2D eigenvalue weighted by molar-refractivity contribution is 7.19. The highest BCUT2D eigenvalue weighted by atomic mass is 32.1. The van der Waals surface area contributed by atoms with Gasteiger partial charge in [-0.3, -0.25) is 9.20 Å². The first-order chi connectivity index (χ1) is 45.4. The van der Waals surface area contributed by atoms with E-state index in [9.17, 15) is 0 Å². The lowest BCUT2D eigenvalue weighted by molar-refractivity contribution is 0.398. The maximum atomic E-state index is 15.6. The lowest BCUT2D eigenvalue weighted by Crippen LogP contribution is -2.25. The van der Waals surface area contributed by atoms with Gasteiger partial charge in [-0.1, -0.05) is 285 Å². The van der Waals surface area contributed by atoms with Crippen molar-refractivity contribution in [1.29, 1.82) is 0 Å². The Kier molecular flexibility index (Phi) is 19.1. The van der Waals surface area contributed by atoms with Crippen LogP contribution >= 0.6 is 34.4 Å². The highest BCUT2D eigenvalue weighted by Crippen LogP contribution is 2.58. The van der Waals surface area contributed by atoms with Gasteiger partial charge in [-0.25, -0.2) is 4.98 Å². The number of aromatic nitrogens is 4. The van der Waals surface area contributed by atoms with Crippen molar-refractivity contribution in [1.82, 2.24) is 18.1 Å². The monoisotopic (exact) mass is 1270 g/mol. The molecule has 472 valence electrons. The fourth-order valence-electron chi connectivity index (χ4n) is 16.9. The number of hydrogen-bond acceptors (Lipinski definition) is 7. The molecule has 0 bridgehead atoms. The Morgan fingerprint density at radius 3 is 1.28 bits per heavy atom. The number of rotatable bonds is 32. The van der Waals surface area contributed by atoms with Crippen molar-refractivity contribution in [3.8, 4) is 64.0 Å². The van der Waals surface area contributed by atoms with Crippen LogP contribution < -0.4 is 5.56 Å². The number of pyridine rings is 1. The molecule has 0 amide bonds. The number of fused-ring (bicyclic) bond motifs is 11. The molecule has 0 spiro atoms. The van der Waals surface area contributed by atoms with E-state index in [0.717, 1.165) is 59.1 Å². The van der Waals surface area contributed by atoms with Gasteiger partial charge < -0.3 is 0 Å². The van der Waals surface area contributed by atoms with Gasteiger partial charge in [-0.2, -0.15) is 8.75 Å². The Hall–Kier alpha value is -6.84. The van der Waals surface area contributed by atoms with Crippen molar-refractivity contribution in [2.24, 2.45) is 0 Å². The Morgan fingerprint density at radius 2 is 0.793 bits per heavy atom. The highest BCUT2D eigenvalue weighted by Gasteiger charge is 2.44. The minimum Gasteiger partial charge on any atom is -0.268 e. The van der Waals surface area contributed by atoms with Crippen LogP contribution in [0.3, 0.4) is 0 Å². The lowest BCUT2D eigenvalue weighted by Gasteiger charge is -2.33. The molecule has 5 aromatic heterocycles. The first-order valence-corrected chi connectivity index (χ1v) is 38.2. The zero-order chi connectivity index (χ0) is 62.6. The second kappa shape index (κ2) is 28.0. The van der Waals surface area contributed by atoms with Crippen LogP contribution in [-0.2, 0) is 10.8 Å². The number of imidazole rings is 1. The summed E-state index contributed by atoms with van der Waals surface area (Å²) in [5, 5.41) is 3.68. The molecule has 5 heterocycles. The number of thiophene rings is 2. The molecular formula is C84H92N4OS3. The van der Waals surface area contributed by atoms with Crippen LogP contribution in [0.2, 0.25) is 0 Å². The van der Waals surface area contributed by atoms with E-state index >= 15 is 4.79 Å². The third kappa shape index (κ3) is 11.5. The normalized spacial score (nSPS) is 13.8. The molecule has 7 aromatic carbocycles. The molecule has 0 saturated heterocycles. The Bertz CT molecular complexity index is 4580. The topological polar surface area (TPSA) is 60.2 Å². The molecule has 12 aromatic rings. The second-order valence-corrected chi connectivity index (χ2v) is 30.1. The van der Waals surface area contributed by atoms with E-state index in [1.807, 2.05) is 39.2 Å². The van der Waals surface area contributed by atoms with Crippen LogP contribution in [0, 0.1) is 0 Å². The number of unbranched alkanes of at least 4 members (excludes halogenated alkanes) is 20. The zero-order valence-corrected chi connectivity index (χ0v) is 57.5. The minimum atomic E-state index is -0.0556. The molecule has 0 fully saturated rings. The van der Waals surface area contributed by atoms with Crippen LogP contribution in [0.4, 0.5) is 0 Å². The van der Waals surface area contributed by atoms with E-state index in [2.05, 4.69) is 161 Å². The molecule has 0 saturated carbocycles. The molecule has 14 rings (SSSR count). The summed E-state index contributed by atoms with van der Waals surface area (Å²) in [5.74, 6) is 0. The summed E-state index contributed by atoms with van der Waals surface area (Å²) < 4.78 is 12.4. The van der Waals surface area contributed by atoms with E-state index in [-0.39, 0.29) is 16.4 Å². The molecule has 0 atom stereocenters. The molecular weight excluding hydrogens is 1180 g/mol. The van der Waals surface area contributed by atoms with Gasteiger partial charge in [0.1, 0.15) is 22.2 Å². The molecule has 0 unspecified atom stereocenters. The predicted octanol–water partition coefficient (Wildman–Crippen LogP) is 25.9. The van der Waals surface area contributed by atoms with Crippen molar-refractivity contribution < 1.29 is 0 Å². The summed E-state index contributed by atoms with van der Waals surface area (Å²) in [5.41, 5.74) is 20.0. The maximum absolute atomic E-state index is 15.6. The van der Waals surface area contributed by atoms with Gasteiger partial charge in [0, 0.05) is 57.6 Å². The summed E-state index contributed by atoms with van der Waals surface area (Å²) in [6.07, 6.45) is 35.9. The minimum absolute atomic E-state index is 0.0143. The Balaban J connectivity index is 0.884. The van der Waals surface area contributed by atoms with Crippen molar-refractivity contribution in [3.05, 3.63) is 178 Å². The standard InChI is InChI=1S/C84H92N4OS3/c1-5-9-13-17-21-29-51-83(52-30-22-18-14-10-6-2)66-41-27-25-37-60(66)62-45-43-58(55-68(62)83)70-47-49-72(90-70)75-77-78(87-92-86-77)76(80-79(75)85-81-64-39-33-35-57-36-34-40-65(74(57)64)82(89)88(80)81)73-50-48-71(91-73)59-44-46-63-61-38-26-28-42-67(61)84(69(63)56-59,53-31-23-19-15-11-7-3)54-32-24-20-16-12-8-4/h25-28,33-50,55-56H,5-24,29-32,51-54H2,1-4H3. The summed E-state index contributed by atoms with van der Waals surface area (Å²) in [7, 11) is 0. The van der Waals surface area contributed by atoms with Gasteiger partial charge in [-0.05, 0) is 129 Å². The SMILES string of the molecule is CCCCCCCCC1(CCCCCCCC)c2ccccc2-c2ccc(-c3ccc(-c4c5nsnc5c(-c5ccc(-c6ccc7c(c6)C(CCCCCCCC)(CCCCCCCC)c6ccccc6-7)s5)c5c4nc4c6cccc7cccc(c(=O)n45)c76)s3)cc21. The molecule has 92 heavy (non-hydrogen) atoms. The largest absolute Gasteiger partial charge is 0.268 e. The molecule has 0 radical (unpaired) electrons. The van der Waals surface area contributed by atoms with Crippen molar-refractivity contribution in [2.75, 3.05) is 0 Å². The number of benzene rings is 7. The van der Waals surface area contributed by atoms with Gasteiger partial charge in [0.05, 0.1) is 17.2 Å². The summed E-state index contributed by atoms with van der Waals surface area (Å²) >= 11 is 4.89. The van der Waals surface area contributed by atoms with Crippen molar-refractivity contribution in [3.63, 3.8) is 0 Å². The average Bonchev–Trinajstić information content (AvgIpc) is 1.53. The van der Waals surface area contributed by atoms with E-state index in [1.54, 1.807) is 0 Å². The van der Waals surface area contributed by atoms with Gasteiger partial charge in [0.25, 0.3) is 5.56 Å². The van der Waals surface area contributed by atoms with E-state index in [0.29, 0.717) is 11.0 Å². The second-order valence-electron chi connectivity index (χ2n) is 27.4. The lowest BCUT2D eigenvalue weighted by atomic mass is 9.70. The molecule has 0 N–H and O–H groups in total.